The highest BCUT2D eigenvalue weighted by molar-refractivity contribution is 5.73. The van der Waals surface area contributed by atoms with E-state index in [4.69, 9.17) is 0 Å². The maximum atomic E-state index is 13.0. The quantitative estimate of drug-likeness (QED) is 0.677. The van der Waals surface area contributed by atoms with E-state index in [2.05, 4.69) is 10.6 Å². The van der Waals surface area contributed by atoms with Gasteiger partial charge >= 0.3 is 6.03 Å². The van der Waals surface area contributed by atoms with Gasteiger partial charge in [0.15, 0.2) is 17.5 Å². The molecule has 0 saturated carbocycles. The summed E-state index contributed by atoms with van der Waals surface area (Å²) in [7, 11) is 0. The van der Waals surface area contributed by atoms with Gasteiger partial charge in [0, 0.05) is 13.1 Å². The lowest BCUT2D eigenvalue weighted by atomic mass is 9.98. The van der Waals surface area contributed by atoms with Gasteiger partial charge < -0.3 is 15.7 Å². The first-order valence-electron chi connectivity index (χ1n) is 7.18. The number of aliphatic hydroxyl groups is 1. The van der Waals surface area contributed by atoms with E-state index in [1.807, 2.05) is 13.8 Å². The summed E-state index contributed by atoms with van der Waals surface area (Å²) in [5.41, 5.74) is -0.698. The third-order valence-corrected chi connectivity index (χ3v) is 3.64. The van der Waals surface area contributed by atoms with E-state index in [-0.39, 0.29) is 25.1 Å². The molecule has 4 nitrogen and oxygen atoms in total. The molecule has 0 radical (unpaired) electrons. The molecule has 0 aromatic heterocycles. The minimum absolute atomic E-state index is 0.117. The molecule has 2 amide bonds. The summed E-state index contributed by atoms with van der Waals surface area (Å²) >= 11 is 0. The number of amides is 2. The number of rotatable bonds is 7. The van der Waals surface area contributed by atoms with E-state index in [1.165, 1.54) is 0 Å². The number of hydrogen-bond donors (Lipinski definition) is 3. The molecular formula is C15H21F3N2O2. The Labute approximate surface area is 127 Å². The Morgan fingerprint density at radius 2 is 1.68 bits per heavy atom. The van der Waals surface area contributed by atoms with Gasteiger partial charge in [0.2, 0.25) is 0 Å². The van der Waals surface area contributed by atoms with Crippen molar-refractivity contribution >= 4 is 6.03 Å². The molecular weight excluding hydrogens is 297 g/mol. The second-order valence-electron chi connectivity index (χ2n) is 5.16. The van der Waals surface area contributed by atoms with Gasteiger partial charge in [-0.1, -0.05) is 13.8 Å². The average Bonchev–Trinajstić information content (AvgIpc) is 2.50. The molecule has 3 N–H and O–H groups in total. The van der Waals surface area contributed by atoms with Crippen LogP contribution < -0.4 is 10.6 Å². The molecule has 22 heavy (non-hydrogen) atoms. The number of carbonyl (C=O) groups excluding carboxylic acids is 1. The number of benzene rings is 1. The van der Waals surface area contributed by atoms with Crippen LogP contribution in [0.4, 0.5) is 18.0 Å². The summed E-state index contributed by atoms with van der Waals surface area (Å²) in [6.45, 7) is 3.89. The predicted molar refractivity (Wildman–Crippen MR) is 77.0 cm³/mol. The Morgan fingerprint density at radius 1 is 1.14 bits per heavy atom. The molecule has 0 atom stereocenters. The number of nitrogens with one attached hydrogen (secondary N) is 2. The zero-order chi connectivity index (χ0) is 16.8. The Balaban J connectivity index is 2.40. The number of hydrogen-bond acceptors (Lipinski definition) is 2. The lowest BCUT2D eigenvalue weighted by molar-refractivity contribution is 0.0349. The van der Waals surface area contributed by atoms with Gasteiger partial charge in [0.05, 0.1) is 5.60 Å². The van der Waals surface area contributed by atoms with Gasteiger partial charge in [0.25, 0.3) is 0 Å². The molecule has 0 aliphatic heterocycles. The van der Waals surface area contributed by atoms with Crippen molar-refractivity contribution in [3.8, 4) is 0 Å². The summed E-state index contributed by atoms with van der Waals surface area (Å²) in [5.74, 6) is -4.02. The summed E-state index contributed by atoms with van der Waals surface area (Å²) in [6, 6.07) is 1.30. The minimum Gasteiger partial charge on any atom is -0.388 e. The second-order valence-corrected chi connectivity index (χ2v) is 5.16. The van der Waals surface area contributed by atoms with E-state index in [1.54, 1.807) is 0 Å². The van der Waals surface area contributed by atoms with Crippen LogP contribution in [0.15, 0.2) is 12.1 Å². The first kappa shape index (κ1) is 18.3. The highest BCUT2D eigenvalue weighted by atomic mass is 19.2. The fourth-order valence-electron chi connectivity index (χ4n) is 1.88. The lowest BCUT2D eigenvalue weighted by Crippen LogP contribution is -2.46. The molecule has 0 fully saturated rings. The zero-order valence-electron chi connectivity index (χ0n) is 12.7. The highest BCUT2D eigenvalue weighted by Crippen LogP contribution is 2.14. The molecule has 0 heterocycles. The van der Waals surface area contributed by atoms with Crippen molar-refractivity contribution in [2.75, 3.05) is 13.1 Å². The fraction of sp³-hybridized carbons (Fsp3) is 0.533. The largest absolute Gasteiger partial charge is 0.388 e. The Kier molecular flexibility index (Phi) is 6.67. The van der Waals surface area contributed by atoms with Crippen LogP contribution in [0.2, 0.25) is 0 Å². The van der Waals surface area contributed by atoms with Crippen molar-refractivity contribution in [3.05, 3.63) is 35.1 Å². The van der Waals surface area contributed by atoms with E-state index in [0.717, 1.165) is 12.1 Å². The van der Waals surface area contributed by atoms with Crippen molar-refractivity contribution in [1.29, 1.82) is 0 Å². The van der Waals surface area contributed by atoms with Crippen LogP contribution in [0.3, 0.4) is 0 Å². The lowest BCUT2D eigenvalue weighted by Gasteiger charge is -2.25. The average molecular weight is 318 g/mol. The van der Waals surface area contributed by atoms with Crippen LogP contribution in [0, 0.1) is 17.5 Å². The molecule has 1 rings (SSSR count). The van der Waals surface area contributed by atoms with Gasteiger partial charge in [-0.25, -0.2) is 18.0 Å². The molecule has 0 saturated heterocycles. The molecule has 1 aromatic carbocycles. The van der Waals surface area contributed by atoms with Gasteiger partial charge in [-0.15, -0.1) is 0 Å². The summed E-state index contributed by atoms with van der Waals surface area (Å²) in [4.78, 5) is 11.6. The van der Waals surface area contributed by atoms with Crippen molar-refractivity contribution in [3.63, 3.8) is 0 Å². The molecule has 1 aromatic rings. The Bertz CT molecular complexity index is 497. The van der Waals surface area contributed by atoms with Crippen molar-refractivity contribution in [2.45, 2.75) is 38.7 Å². The van der Waals surface area contributed by atoms with Gasteiger partial charge in [-0.3, -0.25) is 0 Å². The first-order valence-corrected chi connectivity index (χ1v) is 7.18. The van der Waals surface area contributed by atoms with E-state index in [0.29, 0.717) is 12.8 Å². The molecule has 0 aliphatic carbocycles. The first-order chi connectivity index (χ1) is 10.3. The van der Waals surface area contributed by atoms with Crippen LogP contribution in [0.25, 0.3) is 0 Å². The van der Waals surface area contributed by atoms with E-state index >= 15 is 0 Å². The SMILES string of the molecule is CCC(O)(CC)CNC(=O)NCCc1cc(F)c(F)c(F)c1. The second kappa shape index (κ2) is 8.03. The molecule has 7 heteroatoms. The Hall–Kier alpha value is -1.76. The third-order valence-electron chi connectivity index (χ3n) is 3.64. The maximum absolute atomic E-state index is 13.0. The monoisotopic (exact) mass is 318 g/mol. The van der Waals surface area contributed by atoms with Crippen LogP contribution in [-0.4, -0.2) is 29.8 Å². The summed E-state index contributed by atoms with van der Waals surface area (Å²) in [6.07, 6.45) is 1.18. The third kappa shape index (κ3) is 5.22. The fourth-order valence-corrected chi connectivity index (χ4v) is 1.88. The number of carbonyl (C=O) groups is 1. The van der Waals surface area contributed by atoms with Crippen LogP contribution in [0.5, 0.6) is 0 Å². The smallest absolute Gasteiger partial charge is 0.314 e. The molecule has 0 spiro atoms. The number of urea groups is 1. The highest BCUT2D eigenvalue weighted by Gasteiger charge is 2.22. The van der Waals surface area contributed by atoms with Gasteiger partial charge in [0.1, 0.15) is 0 Å². The van der Waals surface area contributed by atoms with Crippen molar-refractivity contribution in [1.82, 2.24) is 10.6 Å². The van der Waals surface area contributed by atoms with Crippen molar-refractivity contribution < 1.29 is 23.1 Å². The predicted octanol–water partition coefficient (Wildman–Crippen LogP) is 2.50. The molecule has 124 valence electrons. The molecule has 0 aliphatic rings. The molecule has 0 unspecified atom stereocenters. The summed E-state index contributed by atoms with van der Waals surface area (Å²) in [5, 5.41) is 15.0. The molecule has 0 bridgehead atoms. The maximum Gasteiger partial charge on any atom is 0.314 e. The normalized spacial score (nSPS) is 11.4. The Morgan fingerprint density at radius 3 is 2.18 bits per heavy atom. The van der Waals surface area contributed by atoms with Gasteiger partial charge in [-0.05, 0) is 37.0 Å². The topological polar surface area (TPSA) is 61.4 Å². The minimum atomic E-state index is -1.51. The van der Waals surface area contributed by atoms with Crippen LogP contribution >= 0.6 is 0 Å². The van der Waals surface area contributed by atoms with Crippen LogP contribution in [0.1, 0.15) is 32.3 Å². The number of halogens is 3. The zero-order valence-corrected chi connectivity index (χ0v) is 12.7. The van der Waals surface area contributed by atoms with Gasteiger partial charge in [-0.2, -0.15) is 0 Å². The summed E-state index contributed by atoms with van der Waals surface area (Å²) < 4.78 is 38.8. The van der Waals surface area contributed by atoms with Crippen LogP contribution in [-0.2, 0) is 6.42 Å². The standard InChI is InChI=1S/C15H21F3N2O2/c1-3-15(22,4-2)9-20-14(21)19-6-5-10-7-11(16)13(18)12(17)8-10/h7-8,22H,3-6,9H2,1-2H3,(H2,19,20,21). The van der Waals surface area contributed by atoms with E-state index < -0.39 is 29.1 Å². The van der Waals surface area contributed by atoms with E-state index in [9.17, 15) is 23.1 Å². The van der Waals surface area contributed by atoms with Crippen molar-refractivity contribution in [2.24, 2.45) is 0 Å².